The quantitative estimate of drug-likeness (QED) is 0.560. The van der Waals surface area contributed by atoms with Gasteiger partial charge in [-0.3, -0.25) is 14.3 Å². The average molecular weight is 208 g/mol. The van der Waals surface area contributed by atoms with Crippen molar-refractivity contribution in [1.82, 2.24) is 9.78 Å². The van der Waals surface area contributed by atoms with E-state index in [-0.39, 0.29) is 18.0 Å². The number of ketones is 2. The van der Waals surface area contributed by atoms with E-state index in [2.05, 4.69) is 5.10 Å². The third-order valence-electron chi connectivity index (χ3n) is 2.16. The van der Waals surface area contributed by atoms with E-state index in [0.717, 1.165) is 0 Å². The summed E-state index contributed by atoms with van der Waals surface area (Å²) in [6.07, 6.45) is 1.62. The smallest absolute Gasteiger partial charge is 0.190 e. The number of Topliss-reactive ketones (excluding diaryl/α,β-unsaturated/α-hetero) is 2. The molecule has 1 heterocycles. The molecule has 0 amide bonds. The number of rotatable bonds is 3. The highest BCUT2D eigenvalue weighted by atomic mass is 16.1. The lowest BCUT2D eigenvalue weighted by Crippen LogP contribution is -2.23. The van der Waals surface area contributed by atoms with E-state index in [0.29, 0.717) is 5.69 Å². The zero-order valence-corrected chi connectivity index (χ0v) is 9.57. The standard InChI is InChI=1S/C11H16N2O2/c1-11(2,3)10(15)7-9(14)8-5-6-13(4)12-8/h5-6H,7H2,1-4H3. The molecule has 0 aromatic carbocycles. The van der Waals surface area contributed by atoms with Crippen LogP contribution in [0.1, 0.15) is 37.7 Å². The van der Waals surface area contributed by atoms with Crippen LogP contribution in [0.3, 0.4) is 0 Å². The molecule has 4 nitrogen and oxygen atoms in total. The Morgan fingerprint density at radius 1 is 1.40 bits per heavy atom. The van der Waals surface area contributed by atoms with Crippen molar-refractivity contribution in [2.24, 2.45) is 12.5 Å². The Balaban J connectivity index is 2.69. The predicted molar refractivity (Wildman–Crippen MR) is 56.6 cm³/mol. The van der Waals surface area contributed by atoms with Crippen molar-refractivity contribution < 1.29 is 9.59 Å². The summed E-state index contributed by atoms with van der Waals surface area (Å²) in [5.41, 5.74) is -0.111. The summed E-state index contributed by atoms with van der Waals surface area (Å²) >= 11 is 0. The highest BCUT2D eigenvalue weighted by molar-refractivity contribution is 6.08. The van der Waals surface area contributed by atoms with Gasteiger partial charge in [0, 0.05) is 18.7 Å². The molecule has 1 rings (SSSR count). The lowest BCUT2D eigenvalue weighted by Gasteiger charge is -2.15. The first kappa shape index (κ1) is 11.6. The second kappa shape index (κ2) is 3.96. The summed E-state index contributed by atoms with van der Waals surface area (Å²) in [5.74, 6) is -0.270. The molecule has 0 fully saturated rings. The van der Waals surface area contributed by atoms with Gasteiger partial charge in [-0.2, -0.15) is 5.10 Å². The van der Waals surface area contributed by atoms with E-state index in [1.807, 2.05) is 0 Å². The number of nitrogens with zero attached hydrogens (tertiary/aromatic N) is 2. The van der Waals surface area contributed by atoms with E-state index in [4.69, 9.17) is 0 Å². The summed E-state index contributed by atoms with van der Waals surface area (Å²) in [6.45, 7) is 5.42. The number of hydrogen-bond acceptors (Lipinski definition) is 3. The van der Waals surface area contributed by atoms with Crippen LogP contribution >= 0.6 is 0 Å². The monoisotopic (exact) mass is 208 g/mol. The Morgan fingerprint density at radius 2 is 2.00 bits per heavy atom. The Kier molecular flexibility index (Phi) is 3.07. The van der Waals surface area contributed by atoms with Crippen molar-refractivity contribution in [3.63, 3.8) is 0 Å². The molecule has 0 spiro atoms. The number of hydrogen-bond donors (Lipinski definition) is 0. The average Bonchev–Trinajstić information content (AvgIpc) is 2.50. The topological polar surface area (TPSA) is 52.0 Å². The minimum Gasteiger partial charge on any atom is -0.299 e. The summed E-state index contributed by atoms with van der Waals surface area (Å²) in [6, 6.07) is 1.62. The van der Waals surface area contributed by atoms with Gasteiger partial charge in [0.25, 0.3) is 0 Å². The van der Waals surface area contributed by atoms with Crippen molar-refractivity contribution in [2.75, 3.05) is 0 Å². The summed E-state index contributed by atoms with van der Waals surface area (Å²) in [7, 11) is 1.74. The first-order valence-corrected chi connectivity index (χ1v) is 4.87. The van der Waals surface area contributed by atoms with Crippen LogP contribution in [0.4, 0.5) is 0 Å². The highest BCUT2D eigenvalue weighted by Crippen LogP contribution is 2.17. The zero-order chi connectivity index (χ0) is 11.6. The maximum Gasteiger partial charge on any atom is 0.190 e. The Morgan fingerprint density at radius 3 is 2.40 bits per heavy atom. The third-order valence-corrected chi connectivity index (χ3v) is 2.16. The molecular formula is C11H16N2O2. The second-order valence-electron chi connectivity index (χ2n) is 4.65. The first-order valence-electron chi connectivity index (χ1n) is 4.87. The van der Waals surface area contributed by atoms with Crippen molar-refractivity contribution in [2.45, 2.75) is 27.2 Å². The molecule has 0 saturated carbocycles. The molecule has 0 aliphatic carbocycles. The molecule has 1 aromatic rings. The first-order chi connectivity index (χ1) is 6.80. The number of carbonyl (C=O) groups is 2. The van der Waals surface area contributed by atoms with Crippen LogP contribution in [-0.2, 0) is 11.8 Å². The van der Waals surface area contributed by atoms with Crippen molar-refractivity contribution in [1.29, 1.82) is 0 Å². The molecule has 0 radical (unpaired) electrons. The molecule has 0 saturated heterocycles. The van der Waals surface area contributed by atoms with Crippen molar-refractivity contribution >= 4 is 11.6 Å². The Labute approximate surface area is 89.3 Å². The Hall–Kier alpha value is -1.45. The van der Waals surface area contributed by atoms with Crippen LogP contribution in [0.15, 0.2) is 12.3 Å². The van der Waals surface area contributed by atoms with Crippen LogP contribution < -0.4 is 0 Å². The molecule has 4 heteroatoms. The van der Waals surface area contributed by atoms with E-state index in [1.54, 1.807) is 44.8 Å². The predicted octanol–water partition coefficient (Wildman–Crippen LogP) is 1.61. The van der Waals surface area contributed by atoms with Crippen LogP contribution in [-0.4, -0.2) is 21.3 Å². The second-order valence-corrected chi connectivity index (χ2v) is 4.65. The van der Waals surface area contributed by atoms with Gasteiger partial charge in [0.15, 0.2) is 5.78 Å². The van der Waals surface area contributed by atoms with E-state index >= 15 is 0 Å². The maximum atomic E-state index is 11.6. The maximum absolute atomic E-state index is 11.6. The normalized spacial score (nSPS) is 11.5. The van der Waals surface area contributed by atoms with E-state index in [9.17, 15) is 9.59 Å². The van der Waals surface area contributed by atoms with Crippen LogP contribution in [0.2, 0.25) is 0 Å². The van der Waals surface area contributed by atoms with Crippen LogP contribution in [0, 0.1) is 5.41 Å². The van der Waals surface area contributed by atoms with Gasteiger partial charge in [0.1, 0.15) is 11.5 Å². The van der Waals surface area contributed by atoms with Crippen molar-refractivity contribution in [3.05, 3.63) is 18.0 Å². The molecule has 0 aliphatic heterocycles. The largest absolute Gasteiger partial charge is 0.299 e. The SMILES string of the molecule is Cn1ccc(C(=O)CC(=O)C(C)(C)C)n1. The van der Waals surface area contributed by atoms with Gasteiger partial charge in [-0.1, -0.05) is 20.8 Å². The van der Waals surface area contributed by atoms with Crippen LogP contribution in [0.25, 0.3) is 0 Å². The van der Waals surface area contributed by atoms with Gasteiger partial charge >= 0.3 is 0 Å². The molecule has 0 bridgehead atoms. The van der Waals surface area contributed by atoms with Gasteiger partial charge in [0.05, 0.1) is 6.42 Å². The third kappa shape index (κ3) is 3.01. The van der Waals surface area contributed by atoms with E-state index in [1.165, 1.54) is 0 Å². The highest BCUT2D eigenvalue weighted by Gasteiger charge is 2.24. The van der Waals surface area contributed by atoms with Gasteiger partial charge in [0.2, 0.25) is 0 Å². The number of aryl methyl sites for hydroxylation is 1. The zero-order valence-electron chi connectivity index (χ0n) is 9.57. The lowest BCUT2D eigenvalue weighted by molar-refractivity contribution is -0.125. The lowest BCUT2D eigenvalue weighted by atomic mass is 9.87. The van der Waals surface area contributed by atoms with Crippen LogP contribution in [0.5, 0.6) is 0 Å². The van der Waals surface area contributed by atoms with Gasteiger partial charge in [-0.05, 0) is 6.07 Å². The summed E-state index contributed by atoms with van der Waals surface area (Å²) < 4.78 is 1.55. The van der Waals surface area contributed by atoms with Gasteiger partial charge in [-0.25, -0.2) is 0 Å². The minimum absolute atomic E-state index is 0.0573. The molecular weight excluding hydrogens is 192 g/mol. The van der Waals surface area contributed by atoms with E-state index < -0.39 is 5.41 Å². The molecule has 1 aromatic heterocycles. The summed E-state index contributed by atoms with van der Waals surface area (Å²) in [5, 5.41) is 3.96. The fraction of sp³-hybridized carbons (Fsp3) is 0.545. The number of aromatic nitrogens is 2. The molecule has 0 atom stereocenters. The van der Waals surface area contributed by atoms with Crippen molar-refractivity contribution in [3.8, 4) is 0 Å². The molecule has 0 N–H and O–H groups in total. The minimum atomic E-state index is -0.468. The fourth-order valence-electron chi connectivity index (χ4n) is 1.07. The Bertz CT molecular complexity index is 386. The number of carbonyl (C=O) groups excluding carboxylic acids is 2. The van der Waals surface area contributed by atoms with Gasteiger partial charge < -0.3 is 0 Å². The molecule has 82 valence electrons. The fourth-order valence-corrected chi connectivity index (χ4v) is 1.07. The molecule has 0 aliphatic rings. The molecule has 0 unspecified atom stereocenters. The summed E-state index contributed by atoms with van der Waals surface area (Å²) in [4.78, 5) is 23.2. The van der Waals surface area contributed by atoms with Gasteiger partial charge in [-0.15, -0.1) is 0 Å². The molecule has 15 heavy (non-hydrogen) atoms.